The maximum absolute atomic E-state index is 4.58. The molecule has 0 fully saturated rings. The number of aryl methyl sites for hydroxylation is 1. The zero-order valence-corrected chi connectivity index (χ0v) is 11.4. The monoisotopic (exact) mass is 232 g/mol. The highest BCUT2D eigenvalue weighted by Gasteiger charge is 2.23. The lowest BCUT2D eigenvalue weighted by Crippen LogP contribution is -2.25. The third-order valence-electron chi connectivity index (χ3n) is 3.45. The fourth-order valence-corrected chi connectivity index (χ4v) is 2.15. The lowest BCUT2D eigenvalue weighted by atomic mass is 9.94. The van der Waals surface area contributed by atoms with Crippen molar-refractivity contribution in [3.8, 4) is 0 Å². The molecule has 0 aromatic carbocycles. The van der Waals surface area contributed by atoms with Crippen molar-refractivity contribution in [3.63, 3.8) is 0 Å². The van der Waals surface area contributed by atoms with Crippen molar-refractivity contribution in [2.75, 3.05) is 24.3 Å². The van der Waals surface area contributed by atoms with Gasteiger partial charge in [0.15, 0.2) is 0 Å². The maximum atomic E-state index is 4.58. The zero-order chi connectivity index (χ0) is 12.7. The number of rotatable bonds is 1. The smallest absolute Gasteiger partial charge is 0.227 e. The van der Waals surface area contributed by atoms with E-state index in [-0.39, 0.29) is 0 Å². The highest BCUT2D eigenvalue weighted by Crippen LogP contribution is 2.34. The van der Waals surface area contributed by atoms with E-state index >= 15 is 0 Å². The summed E-state index contributed by atoms with van der Waals surface area (Å²) in [4.78, 5) is 11.0. The molecular formula is C13H20N4. The number of anilines is 2. The standard InChI is InChI=1S/C13H20N4/c1-7-8(2)11-10(4)15-13(17(5)6)16-12(11)14-9(7)3/h9H,1-6H3,(H,14,15,16). The summed E-state index contributed by atoms with van der Waals surface area (Å²) in [7, 11) is 3.92. The van der Waals surface area contributed by atoms with E-state index in [1.165, 1.54) is 11.1 Å². The molecule has 0 aliphatic carbocycles. The molecule has 0 radical (unpaired) electrons. The largest absolute Gasteiger partial charge is 0.363 e. The highest BCUT2D eigenvalue weighted by atomic mass is 15.2. The van der Waals surface area contributed by atoms with Crippen LogP contribution in [-0.2, 0) is 0 Å². The number of hydrogen-bond donors (Lipinski definition) is 1. The van der Waals surface area contributed by atoms with Crippen molar-refractivity contribution in [1.29, 1.82) is 0 Å². The molecule has 0 amide bonds. The average molecular weight is 232 g/mol. The molecule has 1 aliphatic rings. The first-order chi connectivity index (χ1) is 7.91. The molecule has 4 heteroatoms. The quantitative estimate of drug-likeness (QED) is 0.807. The van der Waals surface area contributed by atoms with Crippen LogP contribution in [0.2, 0.25) is 0 Å². The van der Waals surface area contributed by atoms with E-state index < -0.39 is 0 Å². The molecule has 92 valence electrons. The lowest BCUT2D eigenvalue weighted by molar-refractivity contribution is 0.877. The average Bonchev–Trinajstić information content (AvgIpc) is 2.25. The number of allylic oxidation sites excluding steroid dienone is 1. The van der Waals surface area contributed by atoms with Gasteiger partial charge in [0, 0.05) is 25.7 Å². The first-order valence-electron chi connectivity index (χ1n) is 5.92. The summed E-state index contributed by atoms with van der Waals surface area (Å²) in [5.74, 6) is 1.71. The number of nitrogens with one attached hydrogen (secondary N) is 1. The van der Waals surface area contributed by atoms with E-state index in [2.05, 4.69) is 36.1 Å². The number of nitrogens with zero attached hydrogens (tertiary/aromatic N) is 3. The van der Waals surface area contributed by atoms with Gasteiger partial charge < -0.3 is 10.2 Å². The predicted molar refractivity (Wildman–Crippen MR) is 72.4 cm³/mol. The molecule has 2 rings (SSSR count). The van der Waals surface area contributed by atoms with Crippen LogP contribution in [0.3, 0.4) is 0 Å². The molecule has 0 bridgehead atoms. The Bertz CT molecular complexity index is 488. The molecule has 0 spiro atoms. The third kappa shape index (κ3) is 1.88. The van der Waals surface area contributed by atoms with Crippen LogP contribution in [0, 0.1) is 6.92 Å². The summed E-state index contributed by atoms with van der Waals surface area (Å²) in [6.07, 6.45) is 0. The SMILES string of the molecule is CC1=C(C)C(C)Nc2nc(N(C)C)nc(C)c21. The van der Waals surface area contributed by atoms with E-state index in [0.29, 0.717) is 6.04 Å². The summed E-state index contributed by atoms with van der Waals surface area (Å²) in [5, 5.41) is 3.44. The topological polar surface area (TPSA) is 41.1 Å². The first-order valence-corrected chi connectivity index (χ1v) is 5.92. The second-order valence-electron chi connectivity index (χ2n) is 4.90. The van der Waals surface area contributed by atoms with E-state index in [9.17, 15) is 0 Å². The van der Waals surface area contributed by atoms with Crippen LogP contribution in [0.1, 0.15) is 32.0 Å². The van der Waals surface area contributed by atoms with E-state index in [1.807, 2.05) is 25.9 Å². The molecule has 2 heterocycles. The van der Waals surface area contributed by atoms with Gasteiger partial charge in [0.2, 0.25) is 5.95 Å². The van der Waals surface area contributed by atoms with Crippen LogP contribution in [0.25, 0.3) is 5.57 Å². The molecular weight excluding hydrogens is 212 g/mol. The van der Waals surface area contributed by atoms with Gasteiger partial charge in [0.05, 0.1) is 5.69 Å². The fourth-order valence-electron chi connectivity index (χ4n) is 2.15. The van der Waals surface area contributed by atoms with Gasteiger partial charge in [-0.15, -0.1) is 0 Å². The zero-order valence-electron chi connectivity index (χ0n) is 11.4. The van der Waals surface area contributed by atoms with Crippen molar-refractivity contribution < 1.29 is 0 Å². The fraction of sp³-hybridized carbons (Fsp3) is 0.538. The second-order valence-corrected chi connectivity index (χ2v) is 4.90. The number of aromatic nitrogens is 2. The molecule has 1 aromatic rings. The third-order valence-corrected chi connectivity index (χ3v) is 3.45. The molecule has 0 saturated carbocycles. The Morgan fingerprint density at radius 1 is 1.12 bits per heavy atom. The normalized spacial score (nSPS) is 18.8. The van der Waals surface area contributed by atoms with Gasteiger partial charge in [0.25, 0.3) is 0 Å². The van der Waals surface area contributed by atoms with Gasteiger partial charge in [-0.25, -0.2) is 4.98 Å². The Labute approximate surface area is 103 Å². The van der Waals surface area contributed by atoms with Crippen molar-refractivity contribution >= 4 is 17.3 Å². The minimum atomic E-state index is 0.340. The summed E-state index contributed by atoms with van der Waals surface area (Å²) in [5.41, 5.74) is 4.86. The van der Waals surface area contributed by atoms with Gasteiger partial charge in [-0.2, -0.15) is 4.98 Å². The summed E-state index contributed by atoms with van der Waals surface area (Å²) in [6, 6.07) is 0.340. The Morgan fingerprint density at radius 3 is 2.35 bits per heavy atom. The molecule has 4 nitrogen and oxygen atoms in total. The van der Waals surface area contributed by atoms with Gasteiger partial charge in [-0.3, -0.25) is 0 Å². The minimum absolute atomic E-state index is 0.340. The van der Waals surface area contributed by atoms with Gasteiger partial charge >= 0.3 is 0 Å². The van der Waals surface area contributed by atoms with Crippen LogP contribution in [-0.4, -0.2) is 30.1 Å². The van der Waals surface area contributed by atoms with E-state index in [4.69, 9.17) is 0 Å². The van der Waals surface area contributed by atoms with Crippen LogP contribution in [0.5, 0.6) is 0 Å². The summed E-state index contributed by atoms with van der Waals surface area (Å²) in [6.45, 7) is 8.52. The lowest BCUT2D eigenvalue weighted by Gasteiger charge is -2.28. The maximum Gasteiger partial charge on any atom is 0.227 e. The summed E-state index contributed by atoms with van der Waals surface area (Å²) >= 11 is 0. The summed E-state index contributed by atoms with van der Waals surface area (Å²) < 4.78 is 0. The predicted octanol–water partition coefficient (Wildman–Crippen LogP) is 2.46. The van der Waals surface area contributed by atoms with E-state index in [1.54, 1.807) is 0 Å². The van der Waals surface area contributed by atoms with Crippen LogP contribution < -0.4 is 10.2 Å². The molecule has 1 aliphatic heterocycles. The van der Waals surface area contributed by atoms with Gasteiger partial charge in [-0.1, -0.05) is 0 Å². The Hall–Kier alpha value is -1.58. The van der Waals surface area contributed by atoms with Gasteiger partial charge in [0.1, 0.15) is 5.82 Å². The molecule has 1 aromatic heterocycles. The highest BCUT2D eigenvalue weighted by molar-refractivity contribution is 5.81. The van der Waals surface area contributed by atoms with Crippen LogP contribution in [0.4, 0.5) is 11.8 Å². The van der Waals surface area contributed by atoms with Crippen molar-refractivity contribution in [3.05, 3.63) is 16.8 Å². The first kappa shape index (κ1) is 11.9. The van der Waals surface area contributed by atoms with Crippen molar-refractivity contribution in [2.45, 2.75) is 33.7 Å². The Balaban J connectivity index is 2.63. The molecule has 1 atom stereocenters. The molecule has 1 unspecified atom stereocenters. The minimum Gasteiger partial charge on any atom is -0.363 e. The van der Waals surface area contributed by atoms with Crippen LogP contribution >= 0.6 is 0 Å². The van der Waals surface area contributed by atoms with Gasteiger partial charge in [-0.05, 0) is 38.8 Å². The van der Waals surface area contributed by atoms with Crippen molar-refractivity contribution in [1.82, 2.24) is 9.97 Å². The molecule has 0 saturated heterocycles. The van der Waals surface area contributed by atoms with E-state index in [0.717, 1.165) is 23.0 Å². The Morgan fingerprint density at radius 2 is 1.76 bits per heavy atom. The Kier molecular flexibility index (Phi) is 2.81. The molecule has 17 heavy (non-hydrogen) atoms. The second kappa shape index (κ2) is 4.02. The number of hydrogen-bond acceptors (Lipinski definition) is 4. The van der Waals surface area contributed by atoms with Crippen molar-refractivity contribution in [2.24, 2.45) is 0 Å². The number of fused-ring (bicyclic) bond motifs is 1. The molecule has 1 N–H and O–H groups in total. The van der Waals surface area contributed by atoms with Crippen LogP contribution in [0.15, 0.2) is 5.57 Å².